The van der Waals surface area contributed by atoms with Crippen molar-refractivity contribution < 1.29 is 9.59 Å². The number of carbonyl (C=O) groups excluding carboxylic acids is 2. The summed E-state index contributed by atoms with van der Waals surface area (Å²) in [6.45, 7) is 2.54. The first-order chi connectivity index (χ1) is 16.5. The highest BCUT2D eigenvalue weighted by atomic mass is 16.2. The zero-order chi connectivity index (χ0) is 23.9. The maximum absolute atomic E-state index is 13.1. The predicted octanol–water partition coefficient (Wildman–Crippen LogP) is 4.59. The number of hydrogen-bond donors (Lipinski definition) is 1. The summed E-state index contributed by atoms with van der Waals surface area (Å²) >= 11 is 0. The number of hydrogen-bond acceptors (Lipinski definition) is 3. The normalized spacial score (nSPS) is 12.1. The lowest BCUT2D eigenvalue weighted by atomic mass is 10.2. The molecule has 0 radical (unpaired) electrons. The van der Waals surface area contributed by atoms with Crippen LogP contribution in [0.3, 0.4) is 0 Å². The Morgan fingerprint density at radius 1 is 0.971 bits per heavy atom. The molecule has 0 aliphatic carbocycles. The zero-order valence-corrected chi connectivity index (χ0v) is 19.4. The molecule has 172 valence electrons. The van der Waals surface area contributed by atoms with Gasteiger partial charge in [0.2, 0.25) is 11.8 Å². The molecule has 0 bridgehead atoms. The molecule has 4 rings (SSSR count). The Kier molecular flexibility index (Phi) is 7.18. The fourth-order valence-electron chi connectivity index (χ4n) is 3.85. The lowest BCUT2D eigenvalue weighted by Gasteiger charge is -2.20. The van der Waals surface area contributed by atoms with Gasteiger partial charge in [-0.1, -0.05) is 72.8 Å². The molecule has 1 aromatic heterocycles. The molecule has 1 unspecified atom stereocenters. The number of para-hydroxylation sites is 2. The molecule has 1 heterocycles. The van der Waals surface area contributed by atoms with E-state index < -0.39 is 0 Å². The number of rotatable bonds is 8. The lowest BCUT2D eigenvalue weighted by Crippen LogP contribution is -2.32. The van der Waals surface area contributed by atoms with Crippen LogP contribution in [0.5, 0.6) is 0 Å². The van der Waals surface area contributed by atoms with Gasteiger partial charge in [0.05, 0.1) is 17.1 Å². The highest BCUT2D eigenvalue weighted by Gasteiger charge is 2.21. The fourth-order valence-corrected chi connectivity index (χ4v) is 3.85. The van der Waals surface area contributed by atoms with E-state index in [9.17, 15) is 9.59 Å². The zero-order valence-electron chi connectivity index (χ0n) is 19.4. The Hall–Kier alpha value is -4.19. The van der Waals surface area contributed by atoms with Crippen molar-refractivity contribution in [1.82, 2.24) is 19.8 Å². The number of carbonyl (C=O) groups is 2. The summed E-state index contributed by atoms with van der Waals surface area (Å²) in [6.07, 6.45) is 3.28. The number of benzene rings is 3. The van der Waals surface area contributed by atoms with Gasteiger partial charge < -0.3 is 14.8 Å². The van der Waals surface area contributed by atoms with E-state index in [4.69, 9.17) is 4.98 Å². The third kappa shape index (κ3) is 5.59. The molecule has 6 heteroatoms. The van der Waals surface area contributed by atoms with Crippen LogP contribution in [-0.2, 0) is 22.7 Å². The number of nitrogens with zero attached hydrogens (tertiary/aromatic N) is 3. The van der Waals surface area contributed by atoms with Crippen LogP contribution in [-0.4, -0.2) is 33.3 Å². The van der Waals surface area contributed by atoms with Crippen LogP contribution in [0, 0.1) is 0 Å². The predicted molar refractivity (Wildman–Crippen MR) is 135 cm³/mol. The van der Waals surface area contributed by atoms with Gasteiger partial charge in [0.25, 0.3) is 0 Å². The number of nitrogens with one attached hydrogen (secondary N) is 1. The van der Waals surface area contributed by atoms with Gasteiger partial charge in [0.15, 0.2) is 0 Å². The van der Waals surface area contributed by atoms with Crippen LogP contribution in [0.2, 0.25) is 0 Å². The molecular formula is C28H28N4O2. The van der Waals surface area contributed by atoms with Crippen LogP contribution < -0.4 is 5.32 Å². The van der Waals surface area contributed by atoms with Crippen molar-refractivity contribution in [1.29, 1.82) is 0 Å². The van der Waals surface area contributed by atoms with Crippen LogP contribution in [0.25, 0.3) is 17.1 Å². The lowest BCUT2D eigenvalue weighted by molar-refractivity contribution is -0.131. The topological polar surface area (TPSA) is 67.2 Å². The van der Waals surface area contributed by atoms with E-state index in [1.54, 1.807) is 18.0 Å². The Morgan fingerprint density at radius 3 is 2.35 bits per heavy atom. The smallest absolute Gasteiger partial charge is 0.244 e. The van der Waals surface area contributed by atoms with Crippen molar-refractivity contribution >= 4 is 28.9 Å². The molecule has 34 heavy (non-hydrogen) atoms. The number of aromatic nitrogens is 2. The molecule has 1 atom stereocenters. The van der Waals surface area contributed by atoms with Gasteiger partial charge in [-0.05, 0) is 36.3 Å². The van der Waals surface area contributed by atoms with Crippen molar-refractivity contribution in [2.24, 2.45) is 0 Å². The number of fused-ring (bicyclic) bond motifs is 1. The van der Waals surface area contributed by atoms with Crippen molar-refractivity contribution in [3.05, 3.63) is 108 Å². The molecular weight excluding hydrogens is 424 g/mol. The van der Waals surface area contributed by atoms with Gasteiger partial charge in [-0.3, -0.25) is 9.59 Å². The van der Waals surface area contributed by atoms with Crippen LogP contribution in [0.15, 0.2) is 91.0 Å². The SMILES string of the molecule is CC(NC(=O)/C=C\c1ccccc1)c1nc2ccccc2n1CC(=O)N(C)Cc1ccccc1. The molecule has 0 saturated heterocycles. The van der Waals surface area contributed by atoms with Gasteiger partial charge in [-0.2, -0.15) is 0 Å². The second-order valence-corrected chi connectivity index (χ2v) is 8.25. The van der Waals surface area contributed by atoms with Gasteiger partial charge in [0.1, 0.15) is 12.4 Å². The molecule has 0 aliphatic rings. The minimum atomic E-state index is -0.382. The van der Waals surface area contributed by atoms with Gasteiger partial charge in [0, 0.05) is 19.7 Å². The molecule has 0 spiro atoms. The van der Waals surface area contributed by atoms with E-state index in [0.29, 0.717) is 12.4 Å². The van der Waals surface area contributed by atoms with Crippen LogP contribution in [0.4, 0.5) is 0 Å². The average Bonchev–Trinajstić information content (AvgIpc) is 3.22. The molecule has 6 nitrogen and oxygen atoms in total. The first kappa shape index (κ1) is 23.0. The highest BCUT2D eigenvalue weighted by molar-refractivity contribution is 5.92. The molecule has 0 saturated carbocycles. The maximum atomic E-state index is 13.1. The minimum Gasteiger partial charge on any atom is -0.343 e. The van der Waals surface area contributed by atoms with Gasteiger partial charge >= 0.3 is 0 Å². The second-order valence-electron chi connectivity index (χ2n) is 8.25. The fraction of sp³-hybridized carbons (Fsp3) is 0.179. The summed E-state index contributed by atoms with van der Waals surface area (Å²) < 4.78 is 1.89. The van der Waals surface area contributed by atoms with Gasteiger partial charge in [-0.25, -0.2) is 4.98 Å². The number of amides is 2. The third-order valence-electron chi connectivity index (χ3n) is 5.64. The summed E-state index contributed by atoms with van der Waals surface area (Å²) in [7, 11) is 1.80. The van der Waals surface area contributed by atoms with Crippen molar-refractivity contribution in [3.8, 4) is 0 Å². The molecule has 0 aliphatic heterocycles. The third-order valence-corrected chi connectivity index (χ3v) is 5.64. The van der Waals surface area contributed by atoms with Crippen LogP contribution in [0.1, 0.15) is 29.9 Å². The first-order valence-corrected chi connectivity index (χ1v) is 11.3. The number of imidazole rings is 1. The van der Waals surface area contributed by atoms with E-state index in [-0.39, 0.29) is 24.4 Å². The summed E-state index contributed by atoms with van der Waals surface area (Å²) in [6, 6.07) is 26.9. The summed E-state index contributed by atoms with van der Waals surface area (Å²) in [5.74, 6) is 0.391. The minimum absolute atomic E-state index is 0.0317. The number of likely N-dealkylation sites (N-methyl/N-ethyl adjacent to an activating group) is 1. The molecule has 4 aromatic rings. The van der Waals surface area contributed by atoms with E-state index >= 15 is 0 Å². The Bertz CT molecular complexity index is 1300. The van der Waals surface area contributed by atoms with Crippen LogP contribution >= 0.6 is 0 Å². The summed E-state index contributed by atoms with van der Waals surface area (Å²) in [5, 5.41) is 2.98. The Morgan fingerprint density at radius 2 is 1.62 bits per heavy atom. The van der Waals surface area contributed by atoms with Gasteiger partial charge in [-0.15, -0.1) is 0 Å². The quantitative estimate of drug-likeness (QED) is 0.398. The molecule has 3 aromatic carbocycles. The average molecular weight is 453 g/mol. The summed E-state index contributed by atoms with van der Waals surface area (Å²) in [5.41, 5.74) is 3.67. The van der Waals surface area contributed by atoms with Crippen molar-refractivity contribution in [3.63, 3.8) is 0 Å². The van der Waals surface area contributed by atoms with Crippen molar-refractivity contribution in [2.45, 2.75) is 26.1 Å². The standard InChI is InChI=1S/C28H28N4O2/c1-21(29-26(33)18-17-22-11-5-3-6-12-22)28-30-24-15-9-10-16-25(24)32(28)20-27(34)31(2)19-23-13-7-4-8-14-23/h3-18,21H,19-20H2,1-2H3,(H,29,33)/b18-17-. The van der Waals surface area contributed by atoms with Crippen molar-refractivity contribution in [2.75, 3.05) is 7.05 Å². The molecule has 2 amide bonds. The van der Waals surface area contributed by atoms with E-state index in [1.165, 1.54) is 6.08 Å². The molecule has 1 N–H and O–H groups in total. The highest BCUT2D eigenvalue weighted by Crippen LogP contribution is 2.21. The second kappa shape index (κ2) is 10.6. The van der Waals surface area contributed by atoms with E-state index in [0.717, 1.165) is 22.2 Å². The Balaban J connectivity index is 1.51. The summed E-state index contributed by atoms with van der Waals surface area (Å²) in [4.78, 5) is 32.1. The Labute approximate surface area is 199 Å². The van der Waals surface area contributed by atoms with E-state index in [2.05, 4.69) is 5.32 Å². The largest absolute Gasteiger partial charge is 0.343 e. The maximum Gasteiger partial charge on any atom is 0.244 e. The first-order valence-electron chi connectivity index (χ1n) is 11.3. The monoisotopic (exact) mass is 452 g/mol. The van der Waals surface area contributed by atoms with E-state index in [1.807, 2.05) is 96.4 Å². The molecule has 0 fully saturated rings.